The number of aromatic nitrogens is 2. The van der Waals surface area contributed by atoms with Gasteiger partial charge in [-0.25, -0.2) is 9.97 Å². The third-order valence-electron chi connectivity index (χ3n) is 4.06. The highest BCUT2D eigenvalue weighted by Gasteiger charge is 2.25. The molecule has 0 unspecified atom stereocenters. The van der Waals surface area contributed by atoms with Crippen molar-refractivity contribution in [2.45, 2.75) is 32.4 Å². The lowest BCUT2D eigenvalue weighted by molar-refractivity contribution is 0.453. The molecule has 0 aromatic carbocycles. The summed E-state index contributed by atoms with van der Waals surface area (Å²) in [4.78, 5) is 11.0. The van der Waals surface area contributed by atoms with Crippen molar-refractivity contribution in [3.05, 3.63) is 36.0 Å². The van der Waals surface area contributed by atoms with Gasteiger partial charge in [0.15, 0.2) is 0 Å². The molecule has 3 rings (SSSR count). The van der Waals surface area contributed by atoms with Crippen molar-refractivity contribution in [2.75, 3.05) is 30.4 Å². The van der Waals surface area contributed by atoms with Crippen LogP contribution in [-0.4, -0.2) is 36.1 Å². The minimum Gasteiger partial charge on any atom is -0.465 e. The summed E-state index contributed by atoms with van der Waals surface area (Å²) in [5.41, 5.74) is 0. The van der Waals surface area contributed by atoms with E-state index >= 15 is 0 Å². The molecule has 118 valence electrons. The minimum atomic E-state index is 0.468. The zero-order valence-electron chi connectivity index (χ0n) is 13.2. The number of aryl methyl sites for hydroxylation is 1. The topological polar surface area (TPSA) is 66.2 Å². The Balaban J connectivity index is 1.58. The first-order valence-corrected chi connectivity index (χ1v) is 7.79. The zero-order valence-corrected chi connectivity index (χ0v) is 13.2. The van der Waals surface area contributed by atoms with Crippen LogP contribution in [0, 0.1) is 6.92 Å². The Morgan fingerprint density at radius 3 is 3.05 bits per heavy atom. The third kappa shape index (κ3) is 3.39. The van der Waals surface area contributed by atoms with Gasteiger partial charge >= 0.3 is 0 Å². The van der Waals surface area contributed by atoms with Gasteiger partial charge in [0, 0.05) is 32.2 Å². The van der Waals surface area contributed by atoms with Gasteiger partial charge in [-0.05, 0) is 31.9 Å². The molecule has 0 spiro atoms. The predicted octanol–water partition coefficient (Wildman–Crippen LogP) is 2.18. The lowest BCUT2D eigenvalue weighted by Crippen LogP contribution is -2.38. The Kier molecular flexibility index (Phi) is 4.58. The highest BCUT2D eigenvalue weighted by molar-refractivity contribution is 5.49. The van der Waals surface area contributed by atoms with Crippen LogP contribution in [0.1, 0.15) is 24.4 Å². The maximum absolute atomic E-state index is 5.58. The van der Waals surface area contributed by atoms with Gasteiger partial charge in [0.25, 0.3) is 0 Å². The number of hydrogen-bond donors (Lipinski definition) is 2. The molecule has 2 N–H and O–H groups in total. The number of nitrogens with zero attached hydrogens (tertiary/aromatic N) is 3. The van der Waals surface area contributed by atoms with Crippen LogP contribution in [0.25, 0.3) is 0 Å². The van der Waals surface area contributed by atoms with Gasteiger partial charge in [-0.15, -0.1) is 0 Å². The van der Waals surface area contributed by atoms with E-state index in [4.69, 9.17) is 4.42 Å². The number of furan rings is 1. The predicted molar refractivity (Wildman–Crippen MR) is 87.1 cm³/mol. The summed E-state index contributed by atoms with van der Waals surface area (Å²) in [5.74, 6) is 3.80. The van der Waals surface area contributed by atoms with Crippen LogP contribution in [0.2, 0.25) is 0 Å². The lowest BCUT2D eigenvalue weighted by atomic mass is 10.2. The lowest BCUT2D eigenvalue weighted by Gasteiger charge is -2.26. The molecule has 1 saturated heterocycles. The van der Waals surface area contributed by atoms with Gasteiger partial charge in [-0.2, -0.15) is 0 Å². The van der Waals surface area contributed by atoms with E-state index < -0.39 is 0 Å². The Morgan fingerprint density at radius 2 is 2.27 bits per heavy atom. The molecule has 22 heavy (non-hydrogen) atoms. The van der Waals surface area contributed by atoms with Crippen LogP contribution < -0.4 is 15.5 Å². The van der Waals surface area contributed by atoms with Gasteiger partial charge in [-0.3, -0.25) is 0 Å². The van der Waals surface area contributed by atoms with Crippen molar-refractivity contribution in [3.8, 4) is 0 Å². The SMILES string of the molecule is CNc1cc(N2CCC[C@H]2CNCc2ccc(C)o2)ncn1. The molecular weight excluding hydrogens is 278 g/mol. The molecule has 6 nitrogen and oxygen atoms in total. The van der Waals surface area contributed by atoms with Crippen molar-refractivity contribution >= 4 is 11.6 Å². The average Bonchev–Trinajstić information content (AvgIpc) is 3.16. The van der Waals surface area contributed by atoms with Crippen molar-refractivity contribution in [2.24, 2.45) is 0 Å². The van der Waals surface area contributed by atoms with Crippen molar-refractivity contribution in [1.82, 2.24) is 15.3 Å². The largest absolute Gasteiger partial charge is 0.465 e. The van der Waals surface area contributed by atoms with Crippen molar-refractivity contribution in [1.29, 1.82) is 0 Å². The Labute approximate surface area is 130 Å². The summed E-state index contributed by atoms with van der Waals surface area (Å²) in [7, 11) is 1.88. The molecule has 1 aliphatic heterocycles. The van der Waals surface area contributed by atoms with E-state index in [0.717, 1.165) is 42.8 Å². The van der Waals surface area contributed by atoms with Gasteiger partial charge in [-0.1, -0.05) is 0 Å². The molecule has 2 aromatic rings. The van der Waals surface area contributed by atoms with Gasteiger partial charge in [0.2, 0.25) is 0 Å². The number of nitrogens with one attached hydrogen (secondary N) is 2. The van der Waals surface area contributed by atoms with E-state index in [1.165, 1.54) is 12.8 Å². The van der Waals surface area contributed by atoms with Crippen LogP contribution in [-0.2, 0) is 6.54 Å². The number of rotatable bonds is 6. The van der Waals surface area contributed by atoms with Crippen LogP contribution in [0.4, 0.5) is 11.6 Å². The second kappa shape index (κ2) is 6.79. The number of anilines is 2. The Bertz CT molecular complexity index is 612. The van der Waals surface area contributed by atoms with E-state index in [-0.39, 0.29) is 0 Å². The van der Waals surface area contributed by atoms with Gasteiger partial charge in [0.05, 0.1) is 6.54 Å². The molecule has 3 heterocycles. The summed E-state index contributed by atoms with van der Waals surface area (Å²) in [5, 5.41) is 6.56. The summed E-state index contributed by atoms with van der Waals surface area (Å²) in [6, 6.07) is 6.50. The van der Waals surface area contributed by atoms with Crippen LogP contribution in [0.5, 0.6) is 0 Å². The quantitative estimate of drug-likeness (QED) is 0.852. The molecule has 1 fully saturated rings. The summed E-state index contributed by atoms with van der Waals surface area (Å²) in [6.45, 7) is 4.71. The summed E-state index contributed by atoms with van der Waals surface area (Å²) in [6.07, 6.45) is 4.00. The fourth-order valence-electron chi connectivity index (χ4n) is 2.93. The normalized spacial score (nSPS) is 17.9. The van der Waals surface area contributed by atoms with Crippen LogP contribution in [0.3, 0.4) is 0 Å². The first-order valence-electron chi connectivity index (χ1n) is 7.79. The van der Waals surface area contributed by atoms with Crippen molar-refractivity contribution < 1.29 is 4.42 Å². The molecule has 2 aromatic heterocycles. The zero-order chi connectivity index (χ0) is 15.4. The Hall–Kier alpha value is -2.08. The van der Waals surface area contributed by atoms with Crippen LogP contribution in [0.15, 0.2) is 28.9 Å². The highest BCUT2D eigenvalue weighted by Crippen LogP contribution is 2.24. The van der Waals surface area contributed by atoms with E-state index in [1.807, 2.05) is 32.2 Å². The molecular formula is C16H23N5O. The molecule has 0 bridgehead atoms. The average molecular weight is 301 g/mol. The van der Waals surface area contributed by atoms with Gasteiger partial charge in [0.1, 0.15) is 29.5 Å². The second-order valence-corrected chi connectivity index (χ2v) is 5.64. The van der Waals surface area contributed by atoms with Crippen molar-refractivity contribution in [3.63, 3.8) is 0 Å². The smallest absolute Gasteiger partial charge is 0.134 e. The molecule has 1 atom stereocenters. The molecule has 1 aliphatic rings. The van der Waals surface area contributed by atoms with Crippen LogP contribution >= 0.6 is 0 Å². The maximum Gasteiger partial charge on any atom is 0.134 e. The maximum atomic E-state index is 5.58. The second-order valence-electron chi connectivity index (χ2n) is 5.64. The third-order valence-corrected chi connectivity index (χ3v) is 4.06. The van der Waals surface area contributed by atoms with E-state index in [9.17, 15) is 0 Å². The molecule has 0 radical (unpaired) electrons. The molecule has 0 aliphatic carbocycles. The highest BCUT2D eigenvalue weighted by atomic mass is 16.3. The first-order chi connectivity index (χ1) is 10.8. The molecule has 0 saturated carbocycles. The number of hydrogen-bond acceptors (Lipinski definition) is 6. The summed E-state index contributed by atoms with van der Waals surface area (Å²) < 4.78 is 5.58. The summed E-state index contributed by atoms with van der Waals surface area (Å²) >= 11 is 0. The molecule has 6 heteroatoms. The van der Waals surface area contributed by atoms with E-state index in [1.54, 1.807) is 6.33 Å². The Morgan fingerprint density at radius 1 is 1.36 bits per heavy atom. The van der Waals surface area contributed by atoms with E-state index in [2.05, 4.69) is 25.5 Å². The molecule has 0 amide bonds. The fraction of sp³-hybridized carbons (Fsp3) is 0.500. The standard InChI is InChI=1S/C16H23N5O/c1-12-5-6-14(22-12)10-18-9-13-4-3-7-21(13)16-8-15(17-2)19-11-20-16/h5-6,8,11,13,18H,3-4,7,9-10H2,1-2H3,(H,17,19,20)/t13-/m0/s1. The van der Waals surface area contributed by atoms with E-state index in [0.29, 0.717) is 6.04 Å². The first kappa shape index (κ1) is 14.8. The van der Waals surface area contributed by atoms with Gasteiger partial charge < -0.3 is 20.0 Å². The minimum absolute atomic E-state index is 0.468. The fourth-order valence-corrected chi connectivity index (χ4v) is 2.93. The monoisotopic (exact) mass is 301 g/mol.